The van der Waals surface area contributed by atoms with E-state index in [0.29, 0.717) is 5.69 Å². The van der Waals surface area contributed by atoms with Crippen LogP contribution in [0.1, 0.15) is 41.7 Å². The van der Waals surface area contributed by atoms with Gasteiger partial charge in [0.05, 0.1) is 5.69 Å². The molecule has 0 saturated carbocycles. The van der Waals surface area contributed by atoms with Gasteiger partial charge in [0.15, 0.2) is 0 Å². The highest BCUT2D eigenvalue weighted by atomic mass is 32.2. The molecule has 0 unspecified atom stereocenters. The van der Waals surface area contributed by atoms with Crippen LogP contribution in [0.4, 0.5) is 5.69 Å². The van der Waals surface area contributed by atoms with Crippen molar-refractivity contribution in [3.05, 3.63) is 101 Å². The van der Waals surface area contributed by atoms with Gasteiger partial charge in [0.25, 0.3) is 0 Å². The molecule has 3 rings (SSSR count). The zero-order valence-corrected chi connectivity index (χ0v) is 25.9. The Morgan fingerprint density at radius 3 is 2.10 bits per heavy atom. The highest BCUT2D eigenvalue weighted by Crippen LogP contribution is 2.26. The van der Waals surface area contributed by atoms with Crippen LogP contribution in [0.15, 0.2) is 72.8 Å². The van der Waals surface area contributed by atoms with E-state index >= 15 is 0 Å². The lowest BCUT2D eigenvalue weighted by atomic mass is 10.0. The molecule has 0 bridgehead atoms. The van der Waals surface area contributed by atoms with E-state index in [1.54, 1.807) is 6.07 Å². The molecule has 0 heterocycles. The first-order valence-corrected chi connectivity index (χ1v) is 15.2. The maximum atomic E-state index is 14.4. The number of benzene rings is 3. The van der Waals surface area contributed by atoms with E-state index in [1.165, 1.54) is 19.0 Å². The Bertz CT molecular complexity index is 1460. The fraction of sp³-hybridized carbons (Fsp3) is 0.375. The van der Waals surface area contributed by atoms with Gasteiger partial charge in [0.1, 0.15) is 12.6 Å². The Kier molecular flexibility index (Phi) is 10.7. The van der Waals surface area contributed by atoms with Crippen LogP contribution in [-0.2, 0) is 32.8 Å². The van der Waals surface area contributed by atoms with Crippen LogP contribution < -0.4 is 9.62 Å². The van der Waals surface area contributed by atoms with E-state index in [4.69, 9.17) is 0 Å². The van der Waals surface area contributed by atoms with Crippen molar-refractivity contribution in [3.8, 4) is 0 Å². The molecule has 220 valence electrons. The molecule has 0 saturated heterocycles. The molecule has 0 spiro atoms. The average molecular weight is 579 g/mol. The first kappa shape index (κ1) is 31.8. The first-order chi connectivity index (χ1) is 19.3. The summed E-state index contributed by atoms with van der Waals surface area (Å²) < 4.78 is 29.5. The number of carbonyl (C=O) groups is 2. The molecular weight excluding hydrogens is 536 g/mol. The lowest BCUT2D eigenvalue weighted by molar-refractivity contribution is -0.140. The van der Waals surface area contributed by atoms with Crippen LogP contribution >= 0.6 is 0 Å². The van der Waals surface area contributed by atoms with Crippen molar-refractivity contribution in [2.75, 3.05) is 24.9 Å². The molecule has 41 heavy (non-hydrogen) atoms. The third-order valence-electron chi connectivity index (χ3n) is 6.96. The minimum atomic E-state index is -4.05. The highest BCUT2D eigenvalue weighted by Gasteiger charge is 2.35. The van der Waals surface area contributed by atoms with Crippen molar-refractivity contribution < 1.29 is 18.0 Å². The number of amides is 2. The fourth-order valence-corrected chi connectivity index (χ4v) is 5.71. The minimum Gasteiger partial charge on any atom is -0.352 e. The molecule has 0 aliphatic carbocycles. The van der Waals surface area contributed by atoms with E-state index in [9.17, 15) is 18.0 Å². The molecule has 1 N–H and O–H groups in total. The van der Waals surface area contributed by atoms with E-state index in [0.717, 1.165) is 36.4 Å². The van der Waals surface area contributed by atoms with Gasteiger partial charge in [0.2, 0.25) is 11.8 Å². The smallest absolute Gasteiger partial charge is 0.304 e. The molecule has 8 nitrogen and oxygen atoms in total. The summed E-state index contributed by atoms with van der Waals surface area (Å²) in [6.45, 7) is 9.08. The lowest BCUT2D eigenvalue weighted by Crippen LogP contribution is -2.55. The molecule has 2 amide bonds. The summed E-state index contributed by atoms with van der Waals surface area (Å²) in [6.07, 6.45) is 0.279. The third-order valence-corrected chi connectivity index (χ3v) is 8.76. The molecule has 0 aromatic heterocycles. The summed E-state index contributed by atoms with van der Waals surface area (Å²) in [7, 11) is -1.16. The Morgan fingerprint density at radius 1 is 0.854 bits per heavy atom. The largest absolute Gasteiger partial charge is 0.352 e. The second-order valence-electron chi connectivity index (χ2n) is 10.9. The van der Waals surface area contributed by atoms with Crippen molar-refractivity contribution in [2.24, 2.45) is 0 Å². The predicted molar refractivity (Wildman–Crippen MR) is 165 cm³/mol. The second kappa shape index (κ2) is 13.8. The van der Waals surface area contributed by atoms with Crippen LogP contribution in [0.3, 0.4) is 0 Å². The summed E-state index contributed by atoms with van der Waals surface area (Å²) in [5, 5.41) is 2.98. The molecule has 0 aliphatic heterocycles. The van der Waals surface area contributed by atoms with Crippen LogP contribution in [-0.4, -0.2) is 62.2 Å². The summed E-state index contributed by atoms with van der Waals surface area (Å²) in [5.41, 5.74) is 4.76. The highest BCUT2D eigenvalue weighted by molar-refractivity contribution is 7.90. The van der Waals surface area contributed by atoms with Crippen molar-refractivity contribution in [3.63, 3.8) is 0 Å². The van der Waals surface area contributed by atoms with Gasteiger partial charge < -0.3 is 10.2 Å². The Hall–Kier alpha value is -3.69. The van der Waals surface area contributed by atoms with Gasteiger partial charge in [-0.15, -0.1) is 0 Å². The van der Waals surface area contributed by atoms with Gasteiger partial charge >= 0.3 is 10.2 Å². The zero-order valence-electron chi connectivity index (χ0n) is 25.1. The number of anilines is 1. The van der Waals surface area contributed by atoms with Crippen molar-refractivity contribution in [1.29, 1.82) is 0 Å². The SMILES string of the molecule is Cc1ccc(C)c(N(CC(=O)N(Cc2ccccc2C)[C@H](Cc2ccccc2)C(=O)NC(C)C)S(=O)(=O)N(C)C)c1. The maximum Gasteiger partial charge on any atom is 0.304 e. The topological polar surface area (TPSA) is 90.0 Å². The summed E-state index contributed by atoms with van der Waals surface area (Å²) in [6, 6.07) is 21.7. The fourth-order valence-electron chi connectivity index (χ4n) is 4.60. The van der Waals surface area contributed by atoms with Crippen LogP contribution in [0.5, 0.6) is 0 Å². The predicted octanol–water partition coefficient (Wildman–Crippen LogP) is 4.39. The Balaban J connectivity index is 2.14. The monoisotopic (exact) mass is 578 g/mol. The Labute approximate surface area is 245 Å². The number of hydrogen-bond donors (Lipinski definition) is 1. The molecule has 9 heteroatoms. The standard InChI is InChI=1S/C32H42N4O4S/c1-23(2)33-32(38)30(20-27-14-9-8-10-15-27)35(21-28-16-12-11-13-25(28)4)31(37)22-36(41(39,40)34(6)7)29-19-24(3)17-18-26(29)5/h8-19,23,30H,20-22H2,1-7H3,(H,33,38)/t30-/m1/s1. The van der Waals surface area contributed by atoms with Gasteiger partial charge in [-0.3, -0.25) is 9.59 Å². The van der Waals surface area contributed by atoms with Crippen LogP contribution in [0.25, 0.3) is 0 Å². The summed E-state index contributed by atoms with van der Waals surface area (Å²) in [5.74, 6) is -0.765. The van der Waals surface area contributed by atoms with E-state index in [2.05, 4.69) is 5.32 Å². The second-order valence-corrected chi connectivity index (χ2v) is 13.0. The summed E-state index contributed by atoms with van der Waals surface area (Å²) >= 11 is 0. The quantitative estimate of drug-likeness (QED) is 0.345. The van der Waals surface area contributed by atoms with Gasteiger partial charge in [-0.25, -0.2) is 4.31 Å². The molecule has 0 radical (unpaired) electrons. The molecule has 3 aromatic rings. The molecule has 0 fully saturated rings. The van der Waals surface area contributed by atoms with Crippen LogP contribution in [0, 0.1) is 20.8 Å². The van der Waals surface area contributed by atoms with Crippen molar-refractivity contribution >= 4 is 27.7 Å². The number of nitrogens with zero attached hydrogens (tertiary/aromatic N) is 3. The van der Waals surface area contributed by atoms with E-state index in [1.807, 2.05) is 101 Å². The Morgan fingerprint density at radius 2 is 1.49 bits per heavy atom. The molecule has 1 atom stereocenters. The normalized spacial score (nSPS) is 12.3. The zero-order chi connectivity index (χ0) is 30.3. The summed E-state index contributed by atoms with van der Waals surface area (Å²) in [4.78, 5) is 29.6. The molecule has 0 aliphatic rings. The number of hydrogen-bond acceptors (Lipinski definition) is 4. The first-order valence-electron chi connectivity index (χ1n) is 13.8. The van der Waals surface area contributed by atoms with Gasteiger partial charge in [0, 0.05) is 33.1 Å². The van der Waals surface area contributed by atoms with Crippen molar-refractivity contribution in [1.82, 2.24) is 14.5 Å². The number of nitrogens with one attached hydrogen (secondary N) is 1. The van der Waals surface area contributed by atoms with Crippen molar-refractivity contribution in [2.45, 2.75) is 59.7 Å². The van der Waals surface area contributed by atoms with E-state index in [-0.39, 0.29) is 24.9 Å². The minimum absolute atomic E-state index is 0.142. The maximum absolute atomic E-state index is 14.4. The van der Waals surface area contributed by atoms with Gasteiger partial charge in [-0.05, 0) is 68.5 Å². The number of carbonyl (C=O) groups excluding carboxylic acids is 2. The van der Waals surface area contributed by atoms with Crippen LogP contribution in [0.2, 0.25) is 0 Å². The van der Waals surface area contributed by atoms with Gasteiger partial charge in [-0.1, -0.05) is 66.7 Å². The number of rotatable bonds is 12. The number of aryl methyl sites for hydroxylation is 3. The van der Waals surface area contributed by atoms with Gasteiger partial charge in [-0.2, -0.15) is 12.7 Å². The average Bonchev–Trinajstić information content (AvgIpc) is 2.91. The lowest BCUT2D eigenvalue weighted by Gasteiger charge is -2.35. The molecular formula is C32H42N4O4S. The third kappa shape index (κ3) is 8.17. The molecule has 3 aromatic carbocycles. The van der Waals surface area contributed by atoms with E-state index < -0.39 is 28.7 Å².